The van der Waals surface area contributed by atoms with Crippen molar-refractivity contribution in [2.75, 3.05) is 6.54 Å². The lowest BCUT2D eigenvalue weighted by Crippen LogP contribution is -2.53. The van der Waals surface area contributed by atoms with E-state index in [1.807, 2.05) is 42.7 Å². The third kappa shape index (κ3) is 2.65. The van der Waals surface area contributed by atoms with Gasteiger partial charge < -0.3 is 15.6 Å². The molecular weight excluding hydrogens is 264 g/mol. The van der Waals surface area contributed by atoms with Gasteiger partial charge in [0.2, 0.25) is 5.91 Å². The zero-order chi connectivity index (χ0) is 15.0. The Labute approximate surface area is 124 Å². The highest BCUT2D eigenvalue weighted by molar-refractivity contribution is 5.81. The molecule has 0 radical (unpaired) electrons. The molecule has 2 aromatic rings. The zero-order valence-electron chi connectivity index (χ0n) is 12.6. The highest BCUT2D eigenvalue weighted by Crippen LogP contribution is 2.38. The number of aryl methyl sites for hydroxylation is 1. The molecule has 1 aromatic carbocycles. The number of benzene rings is 1. The normalized spacial score (nSPS) is 17.7. The number of imidazole rings is 1. The second-order valence-electron chi connectivity index (χ2n) is 6.18. The second-order valence-corrected chi connectivity index (χ2v) is 6.18. The minimum Gasteiger partial charge on any atom is -0.348 e. The van der Waals surface area contributed by atoms with Crippen LogP contribution in [0.25, 0.3) is 11.0 Å². The van der Waals surface area contributed by atoms with Gasteiger partial charge in [0, 0.05) is 6.54 Å². The van der Waals surface area contributed by atoms with E-state index in [1.54, 1.807) is 0 Å². The largest absolute Gasteiger partial charge is 0.348 e. The molecule has 0 aliphatic heterocycles. The van der Waals surface area contributed by atoms with Crippen LogP contribution in [0.2, 0.25) is 0 Å². The van der Waals surface area contributed by atoms with Gasteiger partial charge in [0.1, 0.15) is 12.4 Å². The number of carbonyl (C=O) groups is 1. The fourth-order valence-corrected chi connectivity index (χ4v) is 2.94. The number of nitrogens with one attached hydrogen (secondary N) is 1. The monoisotopic (exact) mass is 286 g/mol. The van der Waals surface area contributed by atoms with Crippen molar-refractivity contribution < 1.29 is 4.79 Å². The Hall–Kier alpha value is -1.88. The Morgan fingerprint density at radius 2 is 2.19 bits per heavy atom. The Kier molecular flexibility index (Phi) is 3.45. The van der Waals surface area contributed by atoms with E-state index >= 15 is 0 Å². The number of nitrogens with two attached hydrogens (primary N) is 1. The molecule has 1 aliphatic carbocycles. The maximum absolute atomic E-state index is 12.4. The summed E-state index contributed by atoms with van der Waals surface area (Å²) in [6.45, 7) is 4.74. The van der Waals surface area contributed by atoms with Crippen LogP contribution in [-0.2, 0) is 11.3 Å². The van der Waals surface area contributed by atoms with Gasteiger partial charge in [0.15, 0.2) is 0 Å². The van der Waals surface area contributed by atoms with Crippen LogP contribution < -0.4 is 11.1 Å². The van der Waals surface area contributed by atoms with Crippen molar-refractivity contribution in [3.8, 4) is 0 Å². The predicted molar refractivity (Wildman–Crippen MR) is 82.8 cm³/mol. The lowest BCUT2D eigenvalue weighted by Gasteiger charge is -2.29. The molecule has 1 aliphatic rings. The van der Waals surface area contributed by atoms with Crippen LogP contribution >= 0.6 is 0 Å². The van der Waals surface area contributed by atoms with Crippen LogP contribution in [0, 0.1) is 12.8 Å². The first-order chi connectivity index (χ1) is 10.0. The molecule has 1 fully saturated rings. The molecule has 5 nitrogen and oxygen atoms in total. The van der Waals surface area contributed by atoms with Gasteiger partial charge in [-0.05, 0) is 44.7 Å². The minimum atomic E-state index is -0.276. The molecule has 1 aromatic heterocycles. The maximum atomic E-state index is 12.4. The molecule has 1 atom stereocenters. The van der Waals surface area contributed by atoms with Crippen LogP contribution in [0.15, 0.2) is 24.3 Å². The number of fused-ring (bicyclic) bond motifs is 1. The Morgan fingerprint density at radius 3 is 2.86 bits per heavy atom. The molecule has 0 bridgehead atoms. The molecule has 1 unspecified atom stereocenters. The summed E-state index contributed by atoms with van der Waals surface area (Å²) >= 11 is 0. The minimum absolute atomic E-state index is 0.00102. The van der Waals surface area contributed by atoms with Crippen LogP contribution in [0.1, 0.15) is 25.6 Å². The van der Waals surface area contributed by atoms with Crippen molar-refractivity contribution in [2.24, 2.45) is 11.7 Å². The number of rotatable bonds is 5. The summed E-state index contributed by atoms with van der Waals surface area (Å²) in [6.07, 6.45) is 2.31. The van der Waals surface area contributed by atoms with Gasteiger partial charge in [0.05, 0.1) is 16.6 Å². The van der Waals surface area contributed by atoms with Crippen molar-refractivity contribution in [3.05, 3.63) is 30.1 Å². The number of hydrogen-bond acceptors (Lipinski definition) is 3. The van der Waals surface area contributed by atoms with E-state index in [0.717, 1.165) is 29.7 Å². The topological polar surface area (TPSA) is 72.9 Å². The highest BCUT2D eigenvalue weighted by Gasteiger charge is 2.41. The molecule has 1 saturated carbocycles. The Morgan fingerprint density at radius 1 is 1.48 bits per heavy atom. The summed E-state index contributed by atoms with van der Waals surface area (Å²) in [5.41, 5.74) is 7.49. The fraction of sp³-hybridized carbons (Fsp3) is 0.500. The molecule has 3 N–H and O–H groups in total. The Bertz CT molecular complexity index is 674. The first-order valence-corrected chi connectivity index (χ1v) is 7.46. The number of hydrogen-bond donors (Lipinski definition) is 2. The van der Waals surface area contributed by atoms with E-state index in [-0.39, 0.29) is 18.0 Å². The van der Waals surface area contributed by atoms with Crippen molar-refractivity contribution in [1.82, 2.24) is 14.9 Å². The van der Waals surface area contributed by atoms with E-state index < -0.39 is 0 Å². The number of carbonyl (C=O) groups excluding carboxylic acids is 1. The second kappa shape index (κ2) is 5.15. The van der Waals surface area contributed by atoms with Crippen molar-refractivity contribution in [3.63, 3.8) is 0 Å². The molecule has 0 spiro atoms. The molecule has 0 saturated heterocycles. The number of para-hydroxylation sites is 2. The lowest BCUT2D eigenvalue weighted by atomic mass is 9.96. The van der Waals surface area contributed by atoms with Crippen LogP contribution in [0.5, 0.6) is 0 Å². The zero-order valence-corrected chi connectivity index (χ0v) is 12.6. The summed E-state index contributed by atoms with van der Waals surface area (Å²) in [5, 5.41) is 3.12. The van der Waals surface area contributed by atoms with Crippen molar-refractivity contribution in [1.29, 1.82) is 0 Å². The van der Waals surface area contributed by atoms with Crippen molar-refractivity contribution >= 4 is 16.9 Å². The van der Waals surface area contributed by atoms with Gasteiger partial charge in [-0.3, -0.25) is 4.79 Å². The molecule has 112 valence electrons. The number of amides is 1. The van der Waals surface area contributed by atoms with Gasteiger partial charge in [0.25, 0.3) is 0 Å². The van der Waals surface area contributed by atoms with E-state index in [2.05, 4.69) is 10.3 Å². The Balaban J connectivity index is 1.79. The van der Waals surface area contributed by atoms with Crippen LogP contribution in [0.4, 0.5) is 0 Å². The first kappa shape index (κ1) is 14.1. The lowest BCUT2D eigenvalue weighted by molar-refractivity contribution is -0.123. The van der Waals surface area contributed by atoms with Gasteiger partial charge >= 0.3 is 0 Å². The third-order valence-corrected chi connectivity index (χ3v) is 4.47. The average molecular weight is 286 g/mol. The average Bonchev–Trinajstić information content (AvgIpc) is 3.26. The summed E-state index contributed by atoms with van der Waals surface area (Å²) in [7, 11) is 0. The summed E-state index contributed by atoms with van der Waals surface area (Å²) < 4.78 is 1.95. The number of nitrogens with zero attached hydrogens (tertiary/aromatic N) is 2. The van der Waals surface area contributed by atoms with E-state index in [4.69, 9.17) is 5.73 Å². The molecule has 21 heavy (non-hydrogen) atoms. The highest BCUT2D eigenvalue weighted by atomic mass is 16.2. The smallest absolute Gasteiger partial charge is 0.240 e. The summed E-state index contributed by atoms with van der Waals surface area (Å²) in [6, 6.07) is 7.88. The standard InChI is InChI=1S/C16H22N4O/c1-11-18-13-5-3-4-6-14(13)20(11)9-15(21)19-16(2,10-17)12-7-8-12/h3-6,12H,7-10,17H2,1-2H3,(H,19,21). The van der Waals surface area contributed by atoms with E-state index in [0.29, 0.717) is 12.5 Å². The van der Waals surface area contributed by atoms with Gasteiger partial charge in [-0.1, -0.05) is 12.1 Å². The summed E-state index contributed by atoms with van der Waals surface area (Å²) in [4.78, 5) is 16.9. The van der Waals surface area contributed by atoms with Crippen LogP contribution in [-0.4, -0.2) is 27.5 Å². The van der Waals surface area contributed by atoms with Crippen LogP contribution in [0.3, 0.4) is 0 Å². The van der Waals surface area contributed by atoms with E-state index in [9.17, 15) is 4.79 Å². The number of aromatic nitrogens is 2. The van der Waals surface area contributed by atoms with Gasteiger partial charge in [-0.15, -0.1) is 0 Å². The quantitative estimate of drug-likeness (QED) is 0.876. The first-order valence-electron chi connectivity index (χ1n) is 7.46. The van der Waals surface area contributed by atoms with E-state index in [1.165, 1.54) is 0 Å². The maximum Gasteiger partial charge on any atom is 0.240 e. The molecule has 5 heteroatoms. The van der Waals surface area contributed by atoms with Gasteiger partial charge in [-0.25, -0.2) is 4.98 Å². The fourth-order valence-electron chi connectivity index (χ4n) is 2.94. The third-order valence-electron chi connectivity index (χ3n) is 4.47. The predicted octanol–water partition coefficient (Wildman–Crippen LogP) is 1.59. The molecule has 1 heterocycles. The molecule has 1 amide bonds. The van der Waals surface area contributed by atoms with Gasteiger partial charge in [-0.2, -0.15) is 0 Å². The summed E-state index contributed by atoms with van der Waals surface area (Å²) in [5.74, 6) is 1.38. The molecule has 3 rings (SSSR count). The molecular formula is C16H22N4O. The van der Waals surface area contributed by atoms with Crippen molar-refractivity contribution in [2.45, 2.75) is 38.8 Å². The SMILES string of the molecule is Cc1nc2ccccc2n1CC(=O)NC(C)(CN)C1CC1.